The first kappa shape index (κ1) is 21.0. The number of aryl methyl sites for hydroxylation is 1. The molecule has 2 heterocycles. The van der Waals surface area contributed by atoms with Crippen LogP contribution in [0.15, 0.2) is 91.0 Å². The lowest BCUT2D eigenvalue weighted by Crippen LogP contribution is -2.10. The molecule has 6 aromatic rings. The summed E-state index contributed by atoms with van der Waals surface area (Å²) in [5.41, 5.74) is 6.82. The SMILES string of the molecule is CCC(CC(C)n1c2ccccc2c2ccccc21)c1ccc2c(c1)c1ccccc1n2CC. The molecular weight excluding hydrogens is 412 g/mol. The van der Waals surface area contributed by atoms with Crippen LogP contribution in [0.25, 0.3) is 43.6 Å². The fourth-order valence-corrected chi connectivity index (χ4v) is 6.15. The number of nitrogens with zero attached hydrogens (tertiary/aromatic N) is 2. The first-order chi connectivity index (χ1) is 16.7. The van der Waals surface area contributed by atoms with E-state index in [4.69, 9.17) is 0 Å². The fraction of sp³-hybridized carbons (Fsp3) is 0.250. The first-order valence-corrected chi connectivity index (χ1v) is 12.7. The largest absolute Gasteiger partial charge is 0.341 e. The van der Waals surface area contributed by atoms with Gasteiger partial charge in [-0.25, -0.2) is 0 Å². The lowest BCUT2D eigenvalue weighted by molar-refractivity contribution is 0.463. The predicted octanol–water partition coefficient (Wildman–Crippen LogP) is 9.07. The van der Waals surface area contributed by atoms with E-state index >= 15 is 0 Å². The summed E-state index contributed by atoms with van der Waals surface area (Å²) in [5.74, 6) is 0.517. The Kier molecular flexibility index (Phi) is 5.17. The number of benzene rings is 4. The van der Waals surface area contributed by atoms with Crippen LogP contribution in [0.5, 0.6) is 0 Å². The molecule has 0 spiro atoms. The Bertz CT molecular complexity index is 1580. The highest BCUT2D eigenvalue weighted by atomic mass is 15.0. The minimum atomic E-state index is 0.405. The van der Waals surface area contributed by atoms with Crippen molar-refractivity contribution in [3.05, 3.63) is 96.6 Å². The lowest BCUT2D eigenvalue weighted by Gasteiger charge is -2.23. The van der Waals surface area contributed by atoms with Crippen molar-refractivity contribution < 1.29 is 0 Å². The van der Waals surface area contributed by atoms with Gasteiger partial charge >= 0.3 is 0 Å². The summed E-state index contributed by atoms with van der Waals surface area (Å²) in [5, 5.41) is 5.46. The van der Waals surface area contributed by atoms with Gasteiger partial charge in [0.05, 0.1) is 0 Å². The summed E-state index contributed by atoms with van der Waals surface area (Å²) in [6, 6.07) is 34.1. The van der Waals surface area contributed by atoms with Gasteiger partial charge in [-0.15, -0.1) is 0 Å². The molecule has 0 aliphatic carbocycles. The second kappa shape index (κ2) is 8.36. The van der Waals surface area contributed by atoms with E-state index in [1.54, 1.807) is 0 Å². The summed E-state index contributed by atoms with van der Waals surface area (Å²) in [6.45, 7) is 7.96. The molecule has 4 aromatic carbocycles. The molecule has 0 bridgehead atoms. The van der Waals surface area contributed by atoms with Gasteiger partial charge in [0.25, 0.3) is 0 Å². The molecule has 2 nitrogen and oxygen atoms in total. The molecule has 34 heavy (non-hydrogen) atoms. The summed E-state index contributed by atoms with van der Waals surface area (Å²) < 4.78 is 5.00. The smallest absolute Gasteiger partial charge is 0.0493 e. The highest BCUT2D eigenvalue weighted by Gasteiger charge is 2.20. The molecule has 2 atom stereocenters. The van der Waals surface area contributed by atoms with Crippen molar-refractivity contribution in [2.24, 2.45) is 0 Å². The van der Waals surface area contributed by atoms with Crippen LogP contribution in [0, 0.1) is 0 Å². The van der Waals surface area contributed by atoms with E-state index in [0.717, 1.165) is 19.4 Å². The van der Waals surface area contributed by atoms with Crippen molar-refractivity contribution in [2.75, 3.05) is 0 Å². The number of hydrogen-bond donors (Lipinski definition) is 0. The third kappa shape index (κ3) is 3.16. The zero-order valence-corrected chi connectivity index (χ0v) is 20.3. The Morgan fingerprint density at radius 2 is 1.15 bits per heavy atom. The van der Waals surface area contributed by atoms with Crippen LogP contribution in [0.1, 0.15) is 51.1 Å². The van der Waals surface area contributed by atoms with Gasteiger partial charge in [-0.3, -0.25) is 0 Å². The van der Waals surface area contributed by atoms with Crippen LogP contribution in [0.3, 0.4) is 0 Å². The van der Waals surface area contributed by atoms with Crippen LogP contribution < -0.4 is 0 Å². The van der Waals surface area contributed by atoms with Gasteiger partial charge in [0.15, 0.2) is 0 Å². The number of fused-ring (bicyclic) bond motifs is 6. The van der Waals surface area contributed by atoms with Crippen LogP contribution in [0.2, 0.25) is 0 Å². The summed E-state index contributed by atoms with van der Waals surface area (Å²) >= 11 is 0. The average Bonchev–Trinajstić information content (AvgIpc) is 3.39. The van der Waals surface area contributed by atoms with Crippen molar-refractivity contribution in [1.29, 1.82) is 0 Å². The van der Waals surface area contributed by atoms with Gasteiger partial charge in [-0.2, -0.15) is 0 Å². The second-order valence-corrected chi connectivity index (χ2v) is 9.63. The average molecular weight is 445 g/mol. The minimum absolute atomic E-state index is 0.405. The van der Waals surface area contributed by atoms with Crippen molar-refractivity contribution >= 4 is 43.6 Å². The third-order valence-electron chi connectivity index (χ3n) is 7.76. The number of hydrogen-bond acceptors (Lipinski definition) is 0. The molecule has 0 saturated heterocycles. The maximum atomic E-state index is 2.56. The zero-order valence-electron chi connectivity index (χ0n) is 20.3. The van der Waals surface area contributed by atoms with Gasteiger partial charge in [0.1, 0.15) is 0 Å². The maximum absolute atomic E-state index is 2.56. The van der Waals surface area contributed by atoms with E-state index in [1.807, 2.05) is 0 Å². The van der Waals surface area contributed by atoms with Crippen LogP contribution in [0.4, 0.5) is 0 Å². The number of aromatic nitrogens is 2. The van der Waals surface area contributed by atoms with Crippen molar-refractivity contribution in [3.63, 3.8) is 0 Å². The Balaban J connectivity index is 1.42. The standard InChI is InChI=1S/C32H32N2/c1-4-23(24-18-19-30-28(21-24)27-14-6-9-15-29(27)33(30)5-2)20-22(3)34-31-16-10-7-12-25(31)26-13-8-11-17-32(26)34/h6-19,21-23H,4-5,20H2,1-3H3. The molecule has 0 N–H and O–H groups in total. The third-order valence-corrected chi connectivity index (χ3v) is 7.76. The molecule has 0 aliphatic rings. The molecule has 2 unspecified atom stereocenters. The van der Waals surface area contributed by atoms with E-state index in [2.05, 4.69) is 121 Å². The number of para-hydroxylation sites is 3. The topological polar surface area (TPSA) is 9.86 Å². The van der Waals surface area contributed by atoms with Gasteiger partial charge in [0, 0.05) is 56.2 Å². The second-order valence-electron chi connectivity index (χ2n) is 9.63. The van der Waals surface area contributed by atoms with Crippen molar-refractivity contribution in [1.82, 2.24) is 9.13 Å². The Morgan fingerprint density at radius 1 is 0.618 bits per heavy atom. The van der Waals surface area contributed by atoms with Gasteiger partial charge < -0.3 is 9.13 Å². The highest BCUT2D eigenvalue weighted by molar-refractivity contribution is 6.09. The molecule has 0 radical (unpaired) electrons. The van der Waals surface area contributed by atoms with Crippen molar-refractivity contribution in [3.8, 4) is 0 Å². The molecule has 0 aliphatic heterocycles. The molecular formula is C32H32N2. The summed E-state index contributed by atoms with van der Waals surface area (Å²) in [7, 11) is 0. The zero-order chi connectivity index (χ0) is 23.2. The van der Waals surface area contributed by atoms with Gasteiger partial charge in [0.2, 0.25) is 0 Å². The van der Waals surface area contributed by atoms with Crippen molar-refractivity contribution in [2.45, 2.75) is 52.1 Å². The Labute approximate surface area is 201 Å². The van der Waals surface area contributed by atoms with Gasteiger partial charge in [-0.05, 0) is 68.5 Å². The lowest BCUT2D eigenvalue weighted by atomic mass is 9.89. The monoisotopic (exact) mass is 444 g/mol. The minimum Gasteiger partial charge on any atom is -0.341 e. The molecule has 2 heteroatoms. The first-order valence-electron chi connectivity index (χ1n) is 12.7. The predicted molar refractivity (Wildman–Crippen MR) is 147 cm³/mol. The quantitative estimate of drug-likeness (QED) is 0.242. The van der Waals surface area contributed by atoms with E-state index < -0.39 is 0 Å². The summed E-state index contributed by atoms with van der Waals surface area (Å²) in [6.07, 6.45) is 2.26. The number of rotatable bonds is 6. The molecule has 170 valence electrons. The molecule has 2 aromatic heterocycles. The molecule has 6 rings (SSSR count). The Morgan fingerprint density at radius 3 is 1.74 bits per heavy atom. The molecule has 0 saturated carbocycles. The van der Waals surface area contributed by atoms with Crippen LogP contribution >= 0.6 is 0 Å². The molecule has 0 fully saturated rings. The highest BCUT2D eigenvalue weighted by Crippen LogP contribution is 2.38. The summed E-state index contributed by atoms with van der Waals surface area (Å²) in [4.78, 5) is 0. The van der Waals surface area contributed by atoms with Crippen LogP contribution in [-0.4, -0.2) is 9.13 Å². The maximum Gasteiger partial charge on any atom is 0.0493 e. The van der Waals surface area contributed by atoms with E-state index in [-0.39, 0.29) is 0 Å². The Hall–Kier alpha value is -3.52. The van der Waals surface area contributed by atoms with Crippen LogP contribution in [-0.2, 0) is 6.54 Å². The van der Waals surface area contributed by atoms with E-state index in [0.29, 0.717) is 12.0 Å². The normalized spacial score (nSPS) is 13.9. The van der Waals surface area contributed by atoms with E-state index in [9.17, 15) is 0 Å². The molecule has 0 amide bonds. The van der Waals surface area contributed by atoms with Gasteiger partial charge in [-0.1, -0.05) is 67.6 Å². The fourth-order valence-electron chi connectivity index (χ4n) is 6.15. The van der Waals surface area contributed by atoms with E-state index in [1.165, 1.54) is 49.2 Å².